The smallest absolute Gasteiger partial charge is 0.130 e. The first-order chi connectivity index (χ1) is 18.0. The minimum absolute atomic E-state index is 0.642. The lowest BCUT2D eigenvalue weighted by Crippen LogP contribution is -2.20. The second kappa shape index (κ2) is 9.82. The van der Waals surface area contributed by atoms with Gasteiger partial charge >= 0.3 is 0 Å². The molecule has 0 saturated carbocycles. The summed E-state index contributed by atoms with van der Waals surface area (Å²) in [6.45, 7) is 6.81. The highest BCUT2D eigenvalue weighted by Gasteiger charge is 2.15. The zero-order valence-electron chi connectivity index (χ0n) is 21.6. The highest BCUT2D eigenvalue weighted by molar-refractivity contribution is 5.89. The summed E-state index contributed by atoms with van der Waals surface area (Å²) in [5.74, 6) is 2.47. The largest absolute Gasteiger partial charge is 0.381 e. The van der Waals surface area contributed by atoms with Gasteiger partial charge in [-0.2, -0.15) is 5.10 Å². The van der Waals surface area contributed by atoms with E-state index in [0.29, 0.717) is 5.92 Å². The Morgan fingerprint density at radius 1 is 0.892 bits per heavy atom. The standard InChI is InChI=1S/C30H32N6O/c1-20-12-24(29-17-31-21(2)35(29)3)6-7-28(20)34-30-14-26-13-23(4-5-25(26)15-32-30)27-16-33-36(19-27)18-22-8-10-37-11-9-22/h4-7,12-17,19,22H,8-11,18H2,1-3H3,(H,32,34). The van der Waals surface area contributed by atoms with Crippen molar-refractivity contribution in [3.63, 3.8) is 0 Å². The average molecular weight is 493 g/mol. The minimum Gasteiger partial charge on any atom is -0.381 e. The Morgan fingerprint density at radius 3 is 2.51 bits per heavy atom. The summed E-state index contributed by atoms with van der Waals surface area (Å²) in [5.41, 5.74) is 6.76. The highest BCUT2D eigenvalue weighted by atomic mass is 16.5. The molecular formula is C30H32N6O. The Balaban J connectivity index is 1.22. The van der Waals surface area contributed by atoms with Gasteiger partial charge in [-0.15, -0.1) is 0 Å². The number of aryl methyl sites for hydroxylation is 2. The van der Waals surface area contributed by atoms with Crippen LogP contribution in [0.15, 0.2) is 67.3 Å². The van der Waals surface area contributed by atoms with Crippen LogP contribution >= 0.6 is 0 Å². The Kier molecular flexibility index (Phi) is 6.22. The number of imidazole rings is 1. The van der Waals surface area contributed by atoms with Gasteiger partial charge in [0.25, 0.3) is 0 Å². The number of fused-ring (bicyclic) bond motifs is 1. The van der Waals surface area contributed by atoms with Gasteiger partial charge in [0.1, 0.15) is 11.6 Å². The number of ether oxygens (including phenoxy) is 1. The maximum atomic E-state index is 5.49. The number of anilines is 2. The van der Waals surface area contributed by atoms with Crippen molar-refractivity contribution in [2.45, 2.75) is 33.2 Å². The van der Waals surface area contributed by atoms with Gasteiger partial charge < -0.3 is 14.6 Å². The van der Waals surface area contributed by atoms with E-state index in [4.69, 9.17) is 4.74 Å². The molecule has 0 spiro atoms. The molecule has 1 aliphatic rings. The number of pyridine rings is 1. The van der Waals surface area contributed by atoms with Crippen LogP contribution in [0, 0.1) is 19.8 Å². The van der Waals surface area contributed by atoms with Crippen LogP contribution < -0.4 is 5.32 Å². The van der Waals surface area contributed by atoms with E-state index in [1.807, 2.05) is 32.6 Å². The number of nitrogens with zero attached hydrogens (tertiary/aromatic N) is 5. The first-order valence-corrected chi connectivity index (χ1v) is 12.9. The number of rotatable bonds is 6. The van der Waals surface area contributed by atoms with E-state index in [-0.39, 0.29) is 0 Å². The van der Waals surface area contributed by atoms with Crippen LogP contribution in [0.4, 0.5) is 11.5 Å². The van der Waals surface area contributed by atoms with Crippen molar-refractivity contribution < 1.29 is 4.74 Å². The average Bonchev–Trinajstić information content (AvgIpc) is 3.52. The second-order valence-corrected chi connectivity index (χ2v) is 10.0. The van der Waals surface area contributed by atoms with E-state index in [0.717, 1.165) is 88.6 Å². The number of nitrogens with one attached hydrogen (secondary N) is 1. The van der Waals surface area contributed by atoms with Gasteiger partial charge in [-0.25, -0.2) is 9.97 Å². The number of hydrogen-bond donors (Lipinski definition) is 1. The van der Waals surface area contributed by atoms with Crippen LogP contribution in [0.25, 0.3) is 33.2 Å². The van der Waals surface area contributed by atoms with Crippen LogP contribution in [0.2, 0.25) is 0 Å². The lowest BCUT2D eigenvalue weighted by molar-refractivity contribution is 0.0601. The molecule has 4 heterocycles. The third-order valence-electron chi connectivity index (χ3n) is 7.48. The van der Waals surface area contributed by atoms with Crippen molar-refractivity contribution in [1.82, 2.24) is 24.3 Å². The van der Waals surface area contributed by atoms with Gasteiger partial charge in [0.2, 0.25) is 0 Å². The third-order valence-corrected chi connectivity index (χ3v) is 7.48. The monoisotopic (exact) mass is 492 g/mol. The molecule has 0 radical (unpaired) electrons. The lowest BCUT2D eigenvalue weighted by Gasteiger charge is -2.21. The Labute approximate surface area is 217 Å². The topological polar surface area (TPSA) is 69.8 Å². The van der Waals surface area contributed by atoms with E-state index in [2.05, 4.69) is 85.2 Å². The summed E-state index contributed by atoms with van der Waals surface area (Å²) in [4.78, 5) is 9.09. The van der Waals surface area contributed by atoms with Gasteiger partial charge in [0, 0.05) is 61.4 Å². The second-order valence-electron chi connectivity index (χ2n) is 10.0. The fourth-order valence-corrected chi connectivity index (χ4v) is 5.07. The fraction of sp³-hybridized carbons (Fsp3) is 0.300. The summed E-state index contributed by atoms with van der Waals surface area (Å²) in [7, 11) is 2.05. The number of hydrogen-bond acceptors (Lipinski definition) is 5. The van der Waals surface area contributed by atoms with E-state index in [1.54, 1.807) is 0 Å². The van der Waals surface area contributed by atoms with Crippen molar-refractivity contribution in [3.05, 3.63) is 78.6 Å². The normalized spacial score (nSPS) is 14.4. The molecule has 1 fully saturated rings. The summed E-state index contributed by atoms with van der Waals surface area (Å²) in [6.07, 6.45) is 10.2. The van der Waals surface area contributed by atoms with Crippen LogP contribution in [0.3, 0.4) is 0 Å². The van der Waals surface area contributed by atoms with Crippen LogP contribution in [0.1, 0.15) is 24.2 Å². The molecule has 0 bridgehead atoms. The van der Waals surface area contributed by atoms with E-state index < -0.39 is 0 Å². The molecule has 5 aromatic rings. The zero-order chi connectivity index (χ0) is 25.4. The van der Waals surface area contributed by atoms with Crippen molar-refractivity contribution in [2.24, 2.45) is 13.0 Å². The molecule has 188 valence electrons. The molecule has 2 aromatic carbocycles. The van der Waals surface area contributed by atoms with Gasteiger partial charge in [-0.1, -0.05) is 18.2 Å². The molecule has 0 atom stereocenters. The van der Waals surface area contributed by atoms with E-state index in [9.17, 15) is 0 Å². The van der Waals surface area contributed by atoms with Gasteiger partial charge in [0.05, 0.1) is 18.1 Å². The zero-order valence-corrected chi connectivity index (χ0v) is 21.6. The summed E-state index contributed by atoms with van der Waals surface area (Å²) in [5, 5.41) is 10.4. The van der Waals surface area contributed by atoms with E-state index in [1.165, 1.54) is 0 Å². The maximum absolute atomic E-state index is 5.49. The van der Waals surface area contributed by atoms with Crippen molar-refractivity contribution in [3.8, 4) is 22.4 Å². The molecule has 0 amide bonds. The van der Waals surface area contributed by atoms with Gasteiger partial charge in [-0.05, 0) is 73.4 Å². The fourth-order valence-electron chi connectivity index (χ4n) is 5.07. The van der Waals surface area contributed by atoms with Gasteiger partial charge in [0.15, 0.2) is 0 Å². The Morgan fingerprint density at radius 2 is 1.73 bits per heavy atom. The molecule has 1 saturated heterocycles. The highest BCUT2D eigenvalue weighted by Crippen LogP contribution is 2.29. The number of benzene rings is 2. The molecule has 7 heteroatoms. The molecule has 0 unspecified atom stereocenters. The molecule has 3 aromatic heterocycles. The predicted molar refractivity (Wildman–Crippen MR) is 148 cm³/mol. The third kappa shape index (κ3) is 4.87. The molecule has 6 rings (SSSR count). The SMILES string of the molecule is Cc1cc(-c2cnc(C)n2C)ccc1Nc1cc2cc(-c3cnn(CC4CCOCC4)c3)ccc2cn1. The van der Waals surface area contributed by atoms with Crippen LogP contribution in [-0.2, 0) is 18.3 Å². The summed E-state index contributed by atoms with van der Waals surface area (Å²) >= 11 is 0. The predicted octanol–water partition coefficient (Wildman–Crippen LogP) is 6.29. The van der Waals surface area contributed by atoms with Crippen LogP contribution in [-0.4, -0.2) is 37.5 Å². The molecule has 1 N–H and O–H groups in total. The van der Waals surface area contributed by atoms with Crippen molar-refractivity contribution in [1.29, 1.82) is 0 Å². The molecule has 7 nitrogen and oxygen atoms in total. The Bertz CT molecular complexity index is 1560. The molecule has 37 heavy (non-hydrogen) atoms. The van der Waals surface area contributed by atoms with Crippen molar-refractivity contribution in [2.75, 3.05) is 18.5 Å². The summed E-state index contributed by atoms with van der Waals surface area (Å²) < 4.78 is 9.68. The quantitative estimate of drug-likeness (QED) is 0.302. The van der Waals surface area contributed by atoms with Crippen molar-refractivity contribution >= 4 is 22.3 Å². The lowest BCUT2D eigenvalue weighted by atomic mass is 10.0. The van der Waals surface area contributed by atoms with Gasteiger partial charge in [-0.3, -0.25) is 4.68 Å². The molecule has 0 aliphatic carbocycles. The van der Waals surface area contributed by atoms with Crippen LogP contribution in [0.5, 0.6) is 0 Å². The first kappa shape index (κ1) is 23.4. The molecular weight excluding hydrogens is 460 g/mol. The Hall–Kier alpha value is -3.97. The summed E-state index contributed by atoms with van der Waals surface area (Å²) in [6, 6.07) is 15.0. The number of aromatic nitrogens is 5. The minimum atomic E-state index is 0.642. The van der Waals surface area contributed by atoms with E-state index >= 15 is 0 Å². The first-order valence-electron chi connectivity index (χ1n) is 12.9. The molecule has 1 aliphatic heterocycles. The maximum Gasteiger partial charge on any atom is 0.130 e.